The number of rotatable bonds is 7. The zero-order chi connectivity index (χ0) is 17.9. The second kappa shape index (κ2) is 7.02. The van der Waals surface area contributed by atoms with Gasteiger partial charge in [-0.2, -0.15) is 0 Å². The molecule has 130 valence electrons. The number of nitrogens with one attached hydrogen (secondary N) is 1. The molecule has 2 aromatic rings. The van der Waals surface area contributed by atoms with Crippen LogP contribution in [0.5, 0.6) is 0 Å². The van der Waals surface area contributed by atoms with Gasteiger partial charge in [0.25, 0.3) is 0 Å². The van der Waals surface area contributed by atoms with Crippen molar-refractivity contribution in [3.8, 4) is 0 Å². The molecule has 9 heteroatoms. The predicted molar refractivity (Wildman–Crippen MR) is 84.3 cm³/mol. The zero-order valence-electron chi connectivity index (χ0n) is 13.2. The van der Waals surface area contributed by atoms with E-state index in [0.29, 0.717) is 16.5 Å². The van der Waals surface area contributed by atoms with Gasteiger partial charge in [-0.05, 0) is 32.0 Å². The minimum atomic E-state index is -3.86. The summed E-state index contributed by atoms with van der Waals surface area (Å²) in [7, 11) is -3.86. The maximum atomic E-state index is 12.2. The highest BCUT2D eigenvalue weighted by Crippen LogP contribution is 2.28. The highest BCUT2D eigenvalue weighted by molar-refractivity contribution is 7.89. The van der Waals surface area contributed by atoms with Crippen LogP contribution in [0.3, 0.4) is 0 Å². The van der Waals surface area contributed by atoms with Crippen molar-refractivity contribution in [3.05, 3.63) is 29.5 Å². The minimum Gasteiger partial charge on any atom is -0.481 e. The number of carbonyl (C=O) groups excluding carboxylic acids is 1. The molecule has 1 aromatic heterocycles. The van der Waals surface area contributed by atoms with Gasteiger partial charge >= 0.3 is 11.9 Å². The second-order valence-electron chi connectivity index (χ2n) is 4.98. The Balaban J connectivity index is 2.35. The third-order valence-electron chi connectivity index (χ3n) is 3.31. The van der Waals surface area contributed by atoms with E-state index in [4.69, 9.17) is 14.3 Å². The molecule has 1 aromatic carbocycles. The maximum Gasteiger partial charge on any atom is 0.374 e. The molecule has 2 N–H and O–H groups in total. The first-order valence-corrected chi connectivity index (χ1v) is 8.66. The van der Waals surface area contributed by atoms with Crippen molar-refractivity contribution < 1.29 is 32.3 Å². The lowest BCUT2D eigenvalue weighted by Gasteiger charge is -2.05. The van der Waals surface area contributed by atoms with Crippen molar-refractivity contribution in [1.29, 1.82) is 0 Å². The van der Waals surface area contributed by atoms with E-state index < -0.39 is 22.0 Å². The van der Waals surface area contributed by atoms with Crippen molar-refractivity contribution in [2.24, 2.45) is 0 Å². The van der Waals surface area contributed by atoms with Crippen LogP contribution in [0.1, 0.15) is 29.5 Å². The number of aryl methyl sites for hydroxylation is 1. The van der Waals surface area contributed by atoms with Gasteiger partial charge in [0.05, 0.1) is 17.9 Å². The summed E-state index contributed by atoms with van der Waals surface area (Å²) < 4.78 is 36.9. The number of hydrogen-bond donors (Lipinski definition) is 2. The average Bonchev–Trinajstić information content (AvgIpc) is 2.84. The molecule has 0 spiro atoms. The minimum absolute atomic E-state index is 0.0280. The number of furan rings is 1. The van der Waals surface area contributed by atoms with Gasteiger partial charge in [-0.15, -0.1) is 0 Å². The highest BCUT2D eigenvalue weighted by atomic mass is 32.2. The largest absolute Gasteiger partial charge is 0.481 e. The number of carboxylic acids is 1. The number of carboxylic acid groups (broad SMARTS) is 1. The molecule has 2 rings (SSSR count). The van der Waals surface area contributed by atoms with Crippen LogP contribution in [0.15, 0.2) is 27.5 Å². The molecule has 0 aliphatic heterocycles. The Kier molecular flexibility index (Phi) is 5.25. The van der Waals surface area contributed by atoms with Gasteiger partial charge in [0, 0.05) is 17.5 Å². The summed E-state index contributed by atoms with van der Waals surface area (Å²) in [5.41, 5.74) is 0.839. The maximum absolute atomic E-state index is 12.2. The summed E-state index contributed by atoms with van der Waals surface area (Å²) in [5.74, 6) is -1.69. The normalized spacial score (nSPS) is 11.6. The number of ether oxygens (including phenoxy) is 1. The first kappa shape index (κ1) is 18.0. The standard InChI is InChI=1S/C15H17NO7S/c1-3-22-15(19)14-9(2)11-8-10(4-5-12(11)23-14)24(20,21)16-7-6-13(17)18/h4-5,8,16H,3,6-7H2,1-2H3,(H,17,18). The second-order valence-corrected chi connectivity index (χ2v) is 6.74. The van der Waals surface area contributed by atoms with E-state index in [9.17, 15) is 18.0 Å². The summed E-state index contributed by atoms with van der Waals surface area (Å²) in [4.78, 5) is 22.2. The van der Waals surface area contributed by atoms with Crippen molar-refractivity contribution in [2.75, 3.05) is 13.2 Å². The molecule has 0 aliphatic carbocycles. The van der Waals surface area contributed by atoms with E-state index in [1.807, 2.05) is 0 Å². The Morgan fingerprint density at radius 1 is 1.33 bits per heavy atom. The highest BCUT2D eigenvalue weighted by Gasteiger charge is 2.21. The number of hydrogen-bond acceptors (Lipinski definition) is 6. The molecule has 0 saturated heterocycles. The van der Waals surface area contributed by atoms with Gasteiger partial charge in [-0.3, -0.25) is 4.79 Å². The summed E-state index contributed by atoms with van der Waals surface area (Å²) in [6.45, 7) is 3.28. The molecular formula is C15H17NO7S. The number of sulfonamides is 1. The van der Waals surface area contributed by atoms with E-state index in [1.54, 1.807) is 13.8 Å². The van der Waals surface area contributed by atoms with E-state index in [0.717, 1.165) is 0 Å². The van der Waals surface area contributed by atoms with Crippen molar-refractivity contribution in [3.63, 3.8) is 0 Å². The van der Waals surface area contributed by atoms with E-state index in [2.05, 4.69) is 4.72 Å². The monoisotopic (exact) mass is 355 g/mol. The van der Waals surface area contributed by atoms with Gasteiger partial charge in [-0.25, -0.2) is 17.9 Å². The summed E-state index contributed by atoms with van der Waals surface area (Å²) in [6.07, 6.45) is -0.320. The van der Waals surface area contributed by atoms with Crippen LogP contribution in [0.4, 0.5) is 0 Å². The quantitative estimate of drug-likeness (QED) is 0.724. The summed E-state index contributed by atoms with van der Waals surface area (Å²) >= 11 is 0. The molecule has 0 saturated carbocycles. The van der Waals surface area contributed by atoms with Gasteiger partial charge in [0.15, 0.2) is 0 Å². The Bertz CT molecular complexity index is 883. The van der Waals surface area contributed by atoms with Crippen LogP contribution in [0.2, 0.25) is 0 Å². The van der Waals surface area contributed by atoms with Gasteiger partial charge in [-0.1, -0.05) is 0 Å². The molecule has 24 heavy (non-hydrogen) atoms. The van der Waals surface area contributed by atoms with Crippen LogP contribution in [0, 0.1) is 6.92 Å². The number of benzene rings is 1. The van der Waals surface area contributed by atoms with Crippen LogP contribution >= 0.6 is 0 Å². The van der Waals surface area contributed by atoms with Gasteiger partial charge in [0.2, 0.25) is 15.8 Å². The van der Waals surface area contributed by atoms with Gasteiger partial charge in [0.1, 0.15) is 5.58 Å². The lowest BCUT2D eigenvalue weighted by atomic mass is 10.1. The number of aliphatic carboxylic acids is 1. The predicted octanol–water partition coefficient (Wildman–Crippen LogP) is 1.67. The lowest BCUT2D eigenvalue weighted by molar-refractivity contribution is -0.136. The first-order chi connectivity index (χ1) is 11.3. The number of fused-ring (bicyclic) bond motifs is 1. The van der Waals surface area contributed by atoms with E-state index >= 15 is 0 Å². The van der Waals surface area contributed by atoms with Gasteiger partial charge < -0.3 is 14.3 Å². The third kappa shape index (κ3) is 3.74. The zero-order valence-corrected chi connectivity index (χ0v) is 14.0. The molecule has 0 fully saturated rings. The Labute approximate surface area is 138 Å². The number of esters is 1. The Morgan fingerprint density at radius 3 is 2.67 bits per heavy atom. The van der Waals surface area contributed by atoms with Crippen LogP contribution in [-0.4, -0.2) is 38.6 Å². The van der Waals surface area contributed by atoms with Crippen LogP contribution < -0.4 is 4.72 Å². The van der Waals surface area contributed by atoms with E-state index in [1.165, 1.54) is 18.2 Å². The molecular weight excluding hydrogens is 338 g/mol. The number of carbonyl (C=O) groups is 2. The summed E-state index contributed by atoms with van der Waals surface area (Å²) in [5, 5.41) is 9.04. The third-order valence-corrected chi connectivity index (χ3v) is 4.77. The van der Waals surface area contributed by atoms with Crippen molar-refractivity contribution in [1.82, 2.24) is 4.72 Å². The smallest absolute Gasteiger partial charge is 0.374 e. The van der Waals surface area contributed by atoms with E-state index in [-0.39, 0.29) is 30.2 Å². The van der Waals surface area contributed by atoms with Crippen molar-refractivity contribution in [2.45, 2.75) is 25.2 Å². The molecule has 0 radical (unpaired) electrons. The van der Waals surface area contributed by atoms with Crippen LogP contribution in [0.25, 0.3) is 11.0 Å². The molecule has 0 unspecified atom stereocenters. The molecule has 8 nitrogen and oxygen atoms in total. The Morgan fingerprint density at radius 2 is 2.04 bits per heavy atom. The molecule has 1 heterocycles. The first-order valence-electron chi connectivity index (χ1n) is 7.18. The average molecular weight is 355 g/mol. The Hall–Kier alpha value is -2.39. The summed E-state index contributed by atoms with van der Waals surface area (Å²) in [6, 6.07) is 4.14. The fourth-order valence-corrected chi connectivity index (χ4v) is 3.19. The SMILES string of the molecule is CCOC(=O)c1oc2ccc(S(=O)(=O)NCCC(=O)O)cc2c1C. The molecule has 0 amide bonds. The fourth-order valence-electron chi connectivity index (χ4n) is 2.13. The van der Waals surface area contributed by atoms with Crippen molar-refractivity contribution >= 4 is 32.9 Å². The topological polar surface area (TPSA) is 123 Å². The molecule has 0 aliphatic rings. The molecule has 0 bridgehead atoms. The lowest BCUT2D eigenvalue weighted by Crippen LogP contribution is -2.26. The van der Waals surface area contributed by atoms with Crippen LogP contribution in [-0.2, 0) is 19.6 Å². The molecule has 0 atom stereocenters. The fraction of sp³-hybridized carbons (Fsp3) is 0.333.